The number of nitrogens with zero attached hydrogens (tertiary/aromatic N) is 2. The predicted molar refractivity (Wildman–Crippen MR) is 95.8 cm³/mol. The molecule has 0 atom stereocenters. The van der Waals surface area contributed by atoms with E-state index >= 15 is 0 Å². The summed E-state index contributed by atoms with van der Waals surface area (Å²) in [5.41, 5.74) is 3.56. The summed E-state index contributed by atoms with van der Waals surface area (Å²) in [6, 6.07) is 10.9. The van der Waals surface area contributed by atoms with Crippen molar-refractivity contribution in [2.75, 3.05) is 13.2 Å². The Balaban J connectivity index is 1.51. The Labute approximate surface area is 150 Å². The van der Waals surface area contributed by atoms with Gasteiger partial charge in [-0.1, -0.05) is 0 Å². The number of aryl methyl sites for hydroxylation is 2. The number of ether oxygens (including phenoxy) is 2. The standard InChI is InChI=1S/C20H19FN2O3/c1-13-14(2)23-19-12-15(4-9-18(19)22-13)20(24)26-11-3-10-25-17-7-5-16(21)6-8-17/h4-9,12H,3,10-11H2,1-2H3. The van der Waals surface area contributed by atoms with Crippen LogP contribution in [0.2, 0.25) is 0 Å². The SMILES string of the molecule is Cc1nc2ccc(C(=O)OCCCOc3ccc(F)cc3)cc2nc1C. The molecule has 5 nitrogen and oxygen atoms in total. The smallest absolute Gasteiger partial charge is 0.338 e. The summed E-state index contributed by atoms with van der Waals surface area (Å²) in [7, 11) is 0. The molecule has 1 heterocycles. The third-order valence-corrected chi connectivity index (χ3v) is 3.92. The van der Waals surface area contributed by atoms with Crippen molar-refractivity contribution in [1.29, 1.82) is 0 Å². The highest BCUT2D eigenvalue weighted by molar-refractivity contribution is 5.93. The number of aromatic nitrogens is 2. The summed E-state index contributed by atoms with van der Waals surface area (Å²) in [6.07, 6.45) is 0.537. The van der Waals surface area contributed by atoms with Gasteiger partial charge in [0.15, 0.2) is 0 Å². The zero-order valence-electron chi connectivity index (χ0n) is 14.7. The number of hydrogen-bond acceptors (Lipinski definition) is 5. The van der Waals surface area contributed by atoms with Gasteiger partial charge in [-0.25, -0.2) is 19.2 Å². The lowest BCUT2D eigenvalue weighted by atomic mass is 10.2. The van der Waals surface area contributed by atoms with Gasteiger partial charge in [0.05, 0.1) is 41.2 Å². The highest BCUT2D eigenvalue weighted by Gasteiger charge is 2.10. The maximum Gasteiger partial charge on any atom is 0.338 e. The molecule has 0 N–H and O–H groups in total. The van der Waals surface area contributed by atoms with E-state index in [1.54, 1.807) is 30.3 Å². The molecule has 0 aliphatic carbocycles. The summed E-state index contributed by atoms with van der Waals surface area (Å²) < 4.78 is 23.5. The van der Waals surface area contributed by atoms with Gasteiger partial charge < -0.3 is 9.47 Å². The Morgan fingerprint density at radius 2 is 1.65 bits per heavy atom. The van der Waals surface area contributed by atoms with Crippen LogP contribution in [-0.2, 0) is 4.74 Å². The number of halogens is 1. The molecule has 0 bridgehead atoms. The van der Waals surface area contributed by atoms with E-state index in [1.807, 2.05) is 13.8 Å². The molecule has 2 aromatic carbocycles. The van der Waals surface area contributed by atoms with Gasteiger partial charge >= 0.3 is 5.97 Å². The molecule has 0 amide bonds. The van der Waals surface area contributed by atoms with Gasteiger partial charge in [-0.2, -0.15) is 0 Å². The number of carbonyl (C=O) groups is 1. The van der Waals surface area contributed by atoms with Crippen molar-refractivity contribution < 1.29 is 18.7 Å². The lowest BCUT2D eigenvalue weighted by molar-refractivity contribution is 0.0486. The second kappa shape index (κ2) is 7.91. The fraction of sp³-hybridized carbons (Fsp3) is 0.250. The van der Waals surface area contributed by atoms with Crippen LogP contribution in [0.3, 0.4) is 0 Å². The first-order chi connectivity index (χ1) is 12.5. The molecule has 0 aliphatic heterocycles. The minimum absolute atomic E-state index is 0.233. The zero-order valence-corrected chi connectivity index (χ0v) is 14.7. The molecule has 0 spiro atoms. The average molecular weight is 354 g/mol. The van der Waals surface area contributed by atoms with Crippen LogP contribution in [0.1, 0.15) is 28.2 Å². The van der Waals surface area contributed by atoms with Crippen molar-refractivity contribution >= 4 is 17.0 Å². The average Bonchev–Trinajstić information content (AvgIpc) is 2.63. The number of carbonyl (C=O) groups excluding carboxylic acids is 1. The van der Waals surface area contributed by atoms with Gasteiger partial charge in [0, 0.05) is 6.42 Å². The summed E-state index contributed by atoms with van der Waals surface area (Å²) in [5.74, 6) is -0.137. The lowest BCUT2D eigenvalue weighted by Gasteiger charge is -2.08. The van der Waals surface area contributed by atoms with Crippen LogP contribution in [0.25, 0.3) is 11.0 Å². The summed E-state index contributed by atoms with van der Waals surface area (Å²) in [6.45, 7) is 4.39. The molecule has 1 aromatic heterocycles. The fourth-order valence-electron chi connectivity index (χ4n) is 2.39. The van der Waals surface area contributed by atoms with Gasteiger partial charge in [-0.3, -0.25) is 0 Å². The third-order valence-electron chi connectivity index (χ3n) is 3.92. The Morgan fingerprint density at radius 1 is 0.962 bits per heavy atom. The van der Waals surface area contributed by atoms with Crippen LogP contribution >= 0.6 is 0 Å². The second-order valence-corrected chi connectivity index (χ2v) is 5.89. The number of esters is 1. The lowest BCUT2D eigenvalue weighted by Crippen LogP contribution is -2.09. The second-order valence-electron chi connectivity index (χ2n) is 5.89. The van der Waals surface area contributed by atoms with Gasteiger partial charge in [0.1, 0.15) is 11.6 Å². The van der Waals surface area contributed by atoms with Crippen molar-refractivity contribution in [3.8, 4) is 5.75 Å². The van der Waals surface area contributed by atoms with Gasteiger partial charge in [-0.05, 0) is 56.3 Å². The van der Waals surface area contributed by atoms with Crippen LogP contribution in [-0.4, -0.2) is 29.2 Å². The first kappa shape index (κ1) is 17.8. The van der Waals surface area contributed by atoms with E-state index < -0.39 is 5.97 Å². The molecule has 134 valence electrons. The topological polar surface area (TPSA) is 61.3 Å². The molecule has 0 saturated carbocycles. The predicted octanol–water partition coefficient (Wildman–Crippen LogP) is 4.01. The summed E-state index contributed by atoms with van der Waals surface area (Å²) in [4.78, 5) is 21.1. The van der Waals surface area contributed by atoms with Crippen LogP contribution in [0.4, 0.5) is 4.39 Å². The Hall–Kier alpha value is -3.02. The molecular weight excluding hydrogens is 335 g/mol. The Bertz CT molecular complexity index is 926. The molecule has 3 aromatic rings. The van der Waals surface area contributed by atoms with E-state index in [9.17, 15) is 9.18 Å². The van der Waals surface area contributed by atoms with Crippen molar-refractivity contribution in [1.82, 2.24) is 9.97 Å². The first-order valence-electron chi connectivity index (χ1n) is 8.33. The molecule has 0 unspecified atom stereocenters. The Morgan fingerprint density at radius 3 is 2.38 bits per heavy atom. The number of fused-ring (bicyclic) bond motifs is 1. The van der Waals surface area contributed by atoms with Gasteiger partial charge in [0.25, 0.3) is 0 Å². The molecular formula is C20H19FN2O3. The van der Waals surface area contributed by atoms with E-state index in [1.165, 1.54) is 12.1 Å². The van der Waals surface area contributed by atoms with Gasteiger partial charge in [0.2, 0.25) is 0 Å². The van der Waals surface area contributed by atoms with E-state index in [2.05, 4.69) is 9.97 Å². The number of benzene rings is 2. The zero-order chi connectivity index (χ0) is 18.5. The fourth-order valence-corrected chi connectivity index (χ4v) is 2.39. The van der Waals surface area contributed by atoms with Crippen molar-refractivity contribution in [2.45, 2.75) is 20.3 Å². The minimum Gasteiger partial charge on any atom is -0.493 e. The Kier molecular flexibility index (Phi) is 5.41. The maximum absolute atomic E-state index is 12.8. The van der Waals surface area contributed by atoms with E-state index in [-0.39, 0.29) is 12.4 Å². The minimum atomic E-state index is -0.409. The molecule has 0 radical (unpaired) electrons. The van der Waals surface area contributed by atoms with Crippen LogP contribution in [0.5, 0.6) is 5.75 Å². The maximum atomic E-state index is 12.8. The van der Waals surface area contributed by atoms with E-state index in [4.69, 9.17) is 9.47 Å². The normalized spacial score (nSPS) is 10.7. The van der Waals surface area contributed by atoms with Crippen LogP contribution in [0, 0.1) is 19.7 Å². The molecule has 0 saturated heterocycles. The molecule has 26 heavy (non-hydrogen) atoms. The highest BCUT2D eigenvalue weighted by atomic mass is 19.1. The quantitative estimate of drug-likeness (QED) is 0.494. The van der Waals surface area contributed by atoms with Crippen LogP contribution in [0.15, 0.2) is 42.5 Å². The number of hydrogen-bond donors (Lipinski definition) is 0. The molecule has 3 rings (SSSR count). The van der Waals surface area contributed by atoms with Crippen molar-refractivity contribution in [3.63, 3.8) is 0 Å². The summed E-state index contributed by atoms with van der Waals surface area (Å²) >= 11 is 0. The highest BCUT2D eigenvalue weighted by Crippen LogP contribution is 2.15. The first-order valence-corrected chi connectivity index (χ1v) is 8.33. The largest absolute Gasteiger partial charge is 0.493 e. The van der Waals surface area contributed by atoms with Crippen molar-refractivity contribution in [2.24, 2.45) is 0 Å². The van der Waals surface area contributed by atoms with Gasteiger partial charge in [-0.15, -0.1) is 0 Å². The molecule has 0 fully saturated rings. The van der Waals surface area contributed by atoms with Crippen LogP contribution < -0.4 is 4.74 Å². The van der Waals surface area contributed by atoms with E-state index in [0.717, 1.165) is 16.9 Å². The van der Waals surface area contributed by atoms with Crippen molar-refractivity contribution in [3.05, 3.63) is 65.2 Å². The molecule has 6 heteroatoms. The monoisotopic (exact) mass is 354 g/mol. The number of rotatable bonds is 6. The summed E-state index contributed by atoms with van der Waals surface area (Å²) in [5, 5.41) is 0. The van der Waals surface area contributed by atoms with E-state index in [0.29, 0.717) is 29.9 Å². The molecule has 0 aliphatic rings. The third kappa shape index (κ3) is 4.33.